The average molecular weight is 186 g/mol. The Labute approximate surface area is 84.0 Å². The van der Waals surface area contributed by atoms with Gasteiger partial charge in [0.25, 0.3) is 0 Å². The van der Waals surface area contributed by atoms with Crippen LogP contribution in [0.1, 0.15) is 13.8 Å². The summed E-state index contributed by atoms with van der Waals surface area (Å²) in [6.45, 7) is 4.23. The minimum Gasteiger partial charge on any atom is -0.367 e. The largest absolute Gasteiger partial charge is 0.367 e. The molecule has 2 heteroatoms. The van der Waals surface area contributed by atoms with Crippen molar-refractivity contribution in [3.63, 3.8) is 0 Å². The molecule has 2 aromatic rings. The minimum absolute atomic E-state index is 0.410. The molecule has 0 saturated carbocycles. The Hall–Kier alpha value is -1.57. The maximum Gasteiger partial charge on any atom is 0.134 e. The summed E-state index contributed by atoms with van der Waals surface area (Å²) < 4.78 is 0. The van der Waals surface area contributed by atoms with Gasteiger partial charge in [0.1, 0.15) is 5.82 Å². The van der Waals surface area contributed by atoms with Gasteiger partial charge in [0, 0.05) is 17.6 Å². The quantitative estimate of drug-likeness (QED) is 0.779. The molecule has 0 aliphatic rings. The first-order valence-electron chi connectivity index (χ1n) is 4.87. The van der Waals surface area contributed by atoms with Gasteiger partial charge in [-0.2, -0.15) is 0 Å². The third-order valence-corrected chi connectivity index (χ3v) is 2.10. The molecule has 2 rings (SSSR count). The highest BCUT2D eigenvalue weighted by molar-refractivity contribution is 5.91. The number of pyridine rings is 1. The van der Waals surface area contributed by atoms with Crippen molar-refractivity contribution < 1.29 is 0 Å². The Morgan fingerprint density at radius 2 is 1.93 bits per heavy atom. The van der Waals surface area contributed by atoms with E-state index in [0.29, 0.717) is 6.04 Å². The van der Waals surface area contributed by atoms with Crippen LogP contribution in [-0.4, -0.2) is 11.0 Å². The highest BCUT2D eigenvalue weighted by atomic mass is 15.0. The SMILES string of the molecule is CC(C)Nc1nccc2ccccc12. The maximum atomic E-state index is 4.34. The van der Waals surface area contributed by atoms with E-state index >= 15 is 0 Å². The van der Waals surface area contributed by atoms with Crippen molar-refractivity contribution in [3.05, 3.63) is 36.5 Å². The zero-order valence-electron chi connectivity index (χ0n) is 8.49. The summed E-state index contributed by atoms with van der Waals surface area (Å²) in [4.78, 5) is 4.34. The number of nitrogens with one attached hydrogen (secondary N) is 1. The van der Waals surface area contributed by atoms with Gasteiger partial charge in [-0.25, -0.2) is 4.98 Å². The van der Waals surface area contributed by atoms with E-state index < -0.39 is 0 Å². The van der Waals surface area contributed by atoms with E-state index in [1.807, 2.05) is 24.4 Å². The Morgan fingerprint density at radius 1 is 1.14 bits per heavy atom. The lowest BCUT2D eigenvalue weighted by Crippen LogP contribution is -2.11. The van der Waals surface area contributed by atoms with Crippen molar-refractivity contribution >= 4 is 16.6 Å². The second-order valence-electron chi connectivity index (χ2n) is 3.68. The molecule has 1 N–H and O–H groups in total. The normalized spacial score (nSPS) is 10.8. The first-order valence-corrected chi connectivity index (χ1v) is 4.87. The average Bonchev–Trinajstić information content (AvgIpc) is 2.18. The molecule has 0 saturated heterocycles. The zero-order valence-corrected chi connectivity index (χ0v) is 8.49. The van der Waals surface area contributed by atoms with Crippen LogP contribution in [0, 0.1) is 0 Å². The van der Waals surface area contributed by atoms with Crippen LogP contribution in [0.25, 0.3) is 10.8 Å². The van der Waals surface area contributed by atoms with E-state index in [4.69, 9.17) is 0 Å². The lowest BCUT2D eigenvalue weighted by atomic mass is 10.1. The van der Waals surface area contributed by atoms with Crippen LogP contribution >= 0.6 is 0 Å². The predicted octanol–water partition coefficient (Wildman–Crippen LogP) is 3.06. The van der Waals surface area contributed by atoms with E-state index in [2.05, 4.69) is 36.3 Å². The molecule has 0 spiro atoms. The van der Waals surface area contributed by atoms with Crippen LogP contribution in [0.2, 0.25) is 0 Å². The summed E-state index contributed by atoms with van der Waals surface area (Å²) >= 11 is 0. The number of nitrogens with zero attached hydrogens (tertiary/aromatic N) is 1. The summed E-state index contributed by atoms with van der Waals surface area (Å²) in [7, 11) is 0. The van der Waals surface area contributed by atoms with E-state index in [1.165, 1.54) is 10.8 Å². The highest BCUT2D eigenvalue weighted by Crippen LogP contribution is 2.20. The summed E-state index contributed by atoms with van der Waals surface area (Å²) in [5.41, 5.74) is 0. The lowest BCUT2D eigenvalue weighted by molar-refractivity contribution is 0.892. The van der Waals surface area contributed by atoms with Crippen molar-refractivity contribution in [2.75, 3.05) is 5.32 Å². The van der Waals surface area contributed by atoms with Gasteiger partial charge in [-0.3, -0.25) is 0 Å². The molecule has 1 heterocycles. The van der Waals surface area contributed by atoms with Crippen LogP contribution in [-0.2, 0) is 0 Å². The number of benzene rings is 1. The molecule has 0 bridgehead atoms. The van der Waals surface area contributed by atoms with Gasteiger partial charge in [0.15, 0.2) is 0 Å². The topological polar surface area (TPSA) is 24.9 Å². The van der Waals surface area contributed by atoms with Crippen LogP contribution in [0.3, 0.4) is 0 Å². The number of hydrogen-bond donors (Lipinski definition) is 1. The molecule has 0 aliphatic heterocycles. The number of anilines is 1. The van der Waals surface area contributed by atoms with E-state index in [0.717, 1.165) is 5.82 Å². The van der Waals surface area contributed by atoms with Gasteiger partial charge >= 0.3 is 0 Å². The van der Waals surface area contributed by atoms with Gasteiger partial charge in [-0.05, 0) is 25.3 Å². The second-order valence-corrected chi connectivity index (χ2v) is 3.68. The van der Waals surface area contributed by atoms with E-state index in [1.54, 1.807) is 0 Å². The third kappa shape index (κ3) is 1.69. The van der Waals surface area contributed by atoms with Gasteiger partial charge in [0.05, 0.1) is 0 Å². The van der Waals surface area contributed by atoms with Crippen molar-refractivity contribution in [1.29, 1.82) is 0 Å². The maximum absolute atomic E-state index is 4.34. The fourth-order valence-corrected chi connectivity index (χ4v) is 1.51. The molecule has 0 amide bonds. The molecule has 1 aromatic heterocycles. The standard InChI is InChI=1S/C12H14N2/c1-9(2)14-12-11-6-4-3-5-10(11)7-8-13-12/h3-9H,1-2H3,(H,13,14). The molecule has 0 atom stereocenters. The fraction of sp³-hybridized carbons (Fsp3) is 0.250. The molecular formula is C12H14N2. The Bertz CT molecular complexity index is 430. The lowest BCUT2D eigenvalue weighted by Gasteiger charge is -2.10. The molecular weight excluding hydrogens is 172 g/mol. The van der Waals surface area contributed by atoms with Crippen molar-refractivity contribution in [2.24, 2.45) is 0 Å². The minimum atomic E-state index is 0.410. The predicted molar refractivity (Wildman–Crippen MR) is 60.5 cm³/mol. The van der Waals surface area contributed by atoms with Crippen LogP contribution in [0.4, 0.5) is 5.82 Å². The van der Waals surface area contributed by atoms with Gasteiger partial charge < -0.3 is 5.32 Å². The zero-order chi connectivity index (χ0) is 9.97. The van der Waals surface area contributed by atoms with Crippen molar-refractivity contribution in [1.82, 2.24) is 4.98 Å². The summed E-state index contributed by atoms with van der Waals surface area (Å²) in [6, 6.07) is 10.7. The Balaban J connectivity index is 2.53. The molecule has 2 nitrogen and oxygen atoms in total. The summed E-state index contributed by atoms with van der Waals surface area (Å²) in [5, 5.41) is 5.75. The van der Waals surface area contributed by atoms with Gasteiger partial charge in [-0.15, -0.1) is 0 Å². The fourth-order valence-electron chi connectivity index (χ4n) is 1.51. The van der Waals surface area contributed by atoms with E-state index in [9.17, 15) is 0 Å². The summed E-state index contributed by atoms with van der Waals surface area (Å²) in [5.74, 6) is 0.970. The molecule has 0 unspecified atom stereocenters. The number of fused-ring (bicyclic) bond motifs is 1. The van der Waals surface area contributed by atoms with Gasteiger partial charge in [-0.1, -0.05) is 24.3 Å². The van der Waals surface area contributed by atoms with E-state index in [-0.39, 0.29) is 0 Å². The van der Waals surface area contributed by atoms with Gasteiger partial charge in [0.2, 0.25) is 0 Å². The number of rotatable bonds is 2. The van der Waals surface area contributed by atoms with Crippen LogP contribution in [0.5, 0.6) is 0 Å². The van der Waals surface area contributed by atoms with Crippen LogP contribution in [0.15, 0.2) is 36.5 Å². The smallest absolute Gasteiger partial charge is 0.134 e. The Kier molecular flexibility index (Phi) is 2.35. The number of hydrogen-bond acceptors (Lipinski definition) is 2. The van der Waals surface area contributed by atoms with Crippen LogP contribution < -0.4 is 5.32 Å². The third-order valence-electron chi connectivity index (χ3n) is 2.10. The first kappa shape index (κ1) is 9.00. The molecule has 0 fully saturated rings. The number of aromatic nitrogens is 1. The second kappa shape index (κ2) is 3.66. The molecule has 72 valence electrons. The Morgan fingerprint density at radius 3 is 2.71 bits per heavy atom. The molecule has 0 aliphatic carbocycles. The molecule has 0 radical (unpaired) electrons. The van der Waals surface area contributed by atoms with Crippen molar-refractivity contribution in [2.45, 2.75) is 19.9 Å². The molecule has 1 aromatic carbocycles. The summed E-state index contributed by atoms with van der Waals surface area (Å²) in [6.07, 6.45) is 1.84. The first-order chi connectivity index (χ1) is 6.77. The highest BCUT2D eigenvalue weighted by Gasteiger charge is 2.01. The van der Waals surface area contributed by atoms with Crippen molar-refractivity contribution in [3.8, 4) is 0 Å². The monoisotopic (exact) mass is 186 g/mol. The molecule has 14 heavy (non-hydrogen) atoms.